The number of hydrogen-bond acceptors (Lipinski definition) is 2. The van der Waals surface area contributed by atoms with E-state index in [1.54, 1.807) is 30.3 Å². The van der Waals surface area contributed by atoms with Gasteiger partial charge in [0.1, 0.15) is 5.56 Å². The summed E-state index contributed by atoms with van der Waals surface area (Å²) in [5.74, 6) is -0.414. The molecular weight excluding hydrogens is 379 g/mol. The van der Waals surface area contributed by atoms with E-state index in [-0.39, 0.29) is 11.0 Å². The molecular formula is C16H11IN2O2. The minimum absolute atomic E-state index is 0.104. The number of carbonyl (C=O) groups excluding carboxylic acids is 1. The highest BCUT2D eigenvalue weighted by Crippen LogP contribution is 2.13. The molecule has 5 heteroatoms. The topological polar surface area (TPSA) is 62.0 Å². The lowest BCUT2D eigenvalue weighted by Crippen LogP contribution is -2.21. The first-order valence-electron chi connectivity index (χ1n) is 6.32. The van der Waals surface area contributed by atoms with Gasteiger partial charge in [-0.1, -0.05) is 12.1 Å². The first-order valence-corrected chi connectivity index (χ1v) is 7.40. The van der Waals surface area contributed by atoms with Crippen LogP contribution < -0.4 is 10.7 Å². The third-order valence-corrected chi connectivity index (χ3v) is 3.85. The van der Waals surface area contributed by atoms with E-state index in [0.717, 1.165) is 3.57 Å². The lowest BCUT2D eigenvalue weighted by Gasteiger charge is -2.06. The Kier molecular flexibility index (Phi) is 3.74. The highest BCUT2D eigenvalue weighted by Gasteiger charge is 2.12. The van der Waals surface area contributed by atoms with Crippen LogP contribution in [-0.4, -0.2) is 10.9 Å². The smallest absolute Gasteiger partial charge is 0.261 e. The number of benzene rings is 2. The number of rotatable bonds is 2. The van der Waals surface area contributed by atoms with Gasteiger partial charge in [-0.05, 0) is 59.0 Å². The Balaban J connectivity index is 1.96. The van der Waals surface area contributed by atoms with Crippen LogP contribution in [0.3, 0.4) is 0 Å². The van der Waals surface area contributed by atoms with Gasteiger partial charge >= 0.3 is 0 Å². The quantitative estimate of drug-likeness (QED) is 0.660. The summed E-state index contributed by atoms with van der Waals surface area (Å²) in [6.07, 6.45) is 1.45. The fraction of sp³-hybridized carbons (Fsp3) is 0. The molecule has 0 aliphatic carbocycles. The number of halogens is 1. The van der Waals surface area contributed by atoms with Gasteiger partial charge in [0, 0.05) is 26.4 Å². The first kappa shape index (κ1) is 13.8. The van der Waals surface area contributed by atoms with Crippen molar-refractivity contribution < 1.29 is 4.79 Å². The second kappa shape index (κ2) is 5.69. The fourth-order valence-electron chi connectivity index (χ4n) is 2.07. The number of amides is 1. The van der Waals surface area contributed by atoms with Gasteiger partial charge in [-0.15, -0.1) is 0 Å². The summed E-state index contributed by atoms with van der Waals surface area (Å²) in [7, 11) is 0. The molecule has 1 heterocycles. The number of H-pyrrole nitrogens is 1. The van der Waals surface area contributed by atoms with E-state index < -0.39 is 5.91 Å². The second-order valence-corrected chi connectivity index (χ2v) is 5.78. The molecule has 0 saturated carbocycles. The summed E-state index contributed by atoms with van der Waals surface area (Å²) in [4.78, 5) is 27.5. The largest absolute Gasteiger partial charge is 0.360 e. The van der Waals surface area contributed by atoms with Crippen LogP contribution in [-0.2, 0) is 0 Å². The number of nitrogens with one attached hydrogen (secondary N) is 2. The molecule has 0 spiro atoms. The molecule has 104 valence electrons. The number of carbonyl (C=O) groups is 1. The average Bonchev–Trinajstić information content (AvgIpc) is 2.50. The molecule has 1 aromatic heterocycles. The van der Waals surface area contributed by atoms with Crippen molar-refractivity contribution in [3.8, 4) is 0 Å². The predicted octanol–water partition coefficient (Wildman–Crippen LogP) is 3.39. The van der Waals surface area contributed by atoms with Gasteiger partial charge in [0.2, 0.25) is 5.43 Å². The number of anilines is 1. The van der Waals surface area contributed by atoms with Gasteiger partial charge in [0.25, 0.3) is 5.91 Å². The van der Waals surface area contributed by atoms with E-state index in [4.69, 9.17) is 0 Å². The van der Waals surface area contributed by atoms with Gasteiger partial charge in [0.15, 0.2) is 0 Å². The van der Waals surface area contributed by atoms with Crippen molar-refractivity contribution in [3.63, 3.8) is 0 Å². The van der Waals surface area contributed by atoms with Gasteiger partial charge < -0.3 is 10.3 Å². The maximum absolute atomic E-state index is 12.3. The van der Waals surface area contributed by atoms with E-state index >= 15 is 0 Å². The predicted molar refractivity (Wildman–Crippen MR) is 91.7 cm³/mol. The van der Waals surface area contributed by atoms with Crippen molar-refractivity contribution in [3.05, 3.63) is 74.1 Å². The molecule has 3 rings (SSSR count). The van der Waals surface area contributed by atoms with Gasteiger partial charge in [-0.3, -0.25) is 9.59 Å². The summed E-state index contributed by atoms with van der Waals surface area (Å²) in [6, 6.07) is 14.5. The van der Waals surface area contributed by atoms with E-state index in [1.807, 2.05) is 18.2 Å². The molecule has 0 radical (unpaired) electrons. The first-order chi connectivity index (χ1) is 10.1. The van der Waals surface area contributed by atoms with Crippen molar-refractivity contribution in [2.75, 3.05) is 5.32 Å². The highest BCUT2D eigenvalue weighted by atomic mass is 127. The summed E-state index contributed by atoms with van der Waals surface area (Å²) < 4.78 is 1.08. The zero-order valence-corrected chi connectivity index (χ0v) is 13.0. The van der Waals surface area contributed by atoms with Crippen molar-refractivity contribution in [1.29, 1.82) is 0 Å². The van der Waals surface area contributed by atoms with Crippen molar-refractivity contribution >= 4 is 45.1 Å². The Bertz CT molecular complexity index is 869. The van der Waals surface area contributed by atoms with Crippen molar-refractivity contribution in [2.24, 2.45) is 0 Å². The molecule has 0 unspecified atom stereocenters. The lowest BCUT2D eigenvalue weighted by molar-refractivity contribution is 0.102. The zero-order valence-electron chi connectivity index (χ0n) is 10.9. The van der Waals surface area contributed by atoms with E-state index in [2.05, 4.69) is 32.9 Å². The minimum Gasteiger partial charge on any atom is -0.360 e. The second-order valence-electron chi connectivity index (χ2n) is 4.54. The van der Waals surface area contributed by atoms with Crippen LogP contribution in [0.5, 0.6) is 0 Å². The van der Waals surface area contributed by atoms with Crippen LogP contribution in [0.15, 0.2) is 59.5 Å². The third-order valence-electron chi connectivity index (χ3n) is 3.14. The SMILES string of the molecule is O=C(Nc1ccc(I)cc1)c1c[nH]c2ccccc2c1=O. The lowest BCUT2D eigenvalue weighted by atomic mass is 10.1. The zero-order chi connectivity index (χ0) is 14.8. The van der Waals surface area contributed by atoms with Crippen LogP contribution in [0.2, 0.25) is 0 Å². The number of aromatic amines is 1. The van der Waals surface area contributed by atoms with E-state index in [1.165, 1.54) is 6.20 Å². The van der Waals surface area contributed by atoms with Gasteiger partial charge in [-0.2, -0.15) is 0 Å². The molecule has 1 amide bonds. The Morgan fingerprint density at radius 1 is 1.05 bits per heavy atom. The monoisotopic (exact) mass is 390 g/mol. The molecule has 21 heavy (non-hydrogen) atoms. The minimum atomic E-state index is -0.414. The summed E-state index contributed by atoms with van der Waals surface area (Å²) >= 11 is 2.19. The maximum atomic E-state index is 12.3. The molecule has 0 atom stereocenters. The Morgan fingerprint density at radius 3 is 2.52 bits per heavy atom. The van der Waals surface area contributed by atoms with Gasteiger partial charge in [0.05, 0.1) is 0 Å². The summed E-state index contributed by atoms with van der Waals surface area (Å²) in [5, 5.41) is 3.24. The van der Waals surface area contributed by atoms with Crippen LogP contribution in [0.25, 0.3) is 10.9 Å². The molecule has 0 saturated heterocycles. The van der Waals surface area contributed by atoms with Crippen LogP contribution >= 0.6 is 22.6 Å². The molecule has 0 bridgehead atoms. The van der Waals surface area contributed by atoms with Crippen LogP contribution in [0.4, 0.5) is 5.69 Å². The number of para-hydroxylation sites is 1. The van der Waals surface area contributed by atoms with Crippen molar-refractivity contribution in [2.45, 2.75) is 0 Å². The third kappa shape index (κ3) is 2.82. The standard InChI is InChI=1S/C16H11IN2O2/c17-10-5-7-11(8-6-10)19-16(21)13-9-18-14-4-2-1-3-12(14)15(13)20/h1-9H,(H,18,20)(H,19,21). The number of aromatic nitrogens is 1. The number of hydrogen-bond donors (Lipinski definition) is 2. The van der Waals surface area contributed by atoms with Crippen LogP contribution in [0, 0.1) is 3.57 Å². The van der Waals surface area contributed by atoms with Crippen molar-refractivity contribution in [1.82, 2.24) is 4.98 Å². The maximum Gasteiger partial charge on any atom is 0.261 e. The molecule has 0 fully saturated rings. The molecule has 0 aliphatic rings. The van der Waals surface area contributed by atoms with Gasteiger partial charge in [-0.25, -0.2) is 0 Å². The molecule has 2 N–H and O–H groups in total. The molecule has 2 aromatic carbocycles. The fourth-order valence-corrected chi connectivity index (χ4v) is 2.43. The highest BCUT2D eigenvalue weighted by molar-refractivity contribution is 14.1. The number of fused-ring (bicyclic) bond motifs is 1. The summed E-state index contributed by atoms with van der Waals surface area (Å²) in [6.45, 7) is 0. The Morgan fingerprint density at radius 2 is 1.76 bits per heavy atom. The molecule has 4 nitrogen and oxygen atoms in total. The van der Waals surface area contributed by atoms with E-state index in [0.29, 0.717) is 16.6 Å². The molecule has 3 aromatic rings. The number of pyridine rings is 1. The van der Waals surface area contributed by atoms with Crippen LogP contribution in [0.1, 0.15) is 10.4 Å². The Labute approximate surface area is 134 Å². The van der Waals surface area contributed by atoms with E-state index in [9.17, 15) is 9.59 Å². The normalized spacial score (nSPS) is 10.5. The molecule has 0 aliphatic heterocycles. The summed E-state index contributed by atoms with van der Waals surface area (Å²) in [5.41, 5.74) is 1.21. The Hall–Kier alpha value is -2.15. The average molecular weight is 390 g/mol.